The zero-order chi connectivity index (χ0) is 16.6. The van der Waals surface area contributed by atoms with Crippen LogP contribution in [0.5, 0.6) is 0 Å². The maximum atomic E-state index is 12.4. The van der Waals surface area contributed by atoms with Gasteiger partial charge in [0.15, 0.2) is 0 Å². The van der Waals surface area contributed by atoms with Crippen LogP contribution in [0.25, 0.3) is 0 Å². The Morgan fingerprint density at radius 2 is 1.70 bits per heavy atom. The molecule has 0 unspecified atom stereocenters. The summed E-state index contributed by atoms with van der Waals surface area (Å²) in [6.45, 7) is 0. The predicted molar refractivity (Wildman–Crippen MR) is 88.8 cm³/mol. The van der Waals surface area contributed by atoms with E-state index in [0.29, 0.717) is 0 Å². The highest BCUT2D eigenvalue weighted by Gasteiger charge is 2.67. The molecule has 23 heavy (non-hydrogen) atoms. The van der Waals surface area contributed by atoms with E-state index < -0.39 is 21.1 Å². The van der Waals surface area contributed by atoms with Gasteiger partial charge in [0.25, 0.3) is 5.69 Å². The molecule has 0 bridgehead atoms. The Kier molecular flexibility index (Phi) is 4.00. The number of hydrogen-bond donors (Lipinski definition) is 1. The summed E-state index contributed by atoms with van der Waals surface area (Å²) >= 11 is 12.5. The molecule has 0 aliphatic heterocycles. The second kappa shape index (κ2) is 5.83. The van der Waals surface area contributed by atoms with Crippen LogP contribution in [0.3, 0.4) is 0 Å². The van der Waals surface area contributed by atoms with Gasteiger partial charge < -0.3 is 5.32 Å². The van der Waals surface area contributed by atoms with Crippen molar-refractivity contribution in [1.29, 1.82) is 0 Å². The van der Waals surface area contributed by atoms with Crippen LogP contribution in [-0.2, 0) is 4.79 Å². The lowest BCUT2D eigenvalue weighted by atomic mass is 10.1. The first-order valence-electron chi connectivity index (χ1n) is 6.90. The van der Waals surface area contributed by atoms with Crippen molar-refractivity contribution in [3.05, 3.63) is 70.3 Å². The maximum absolute atomic E-state index is 12.4. The van der Waals surface area contributed by atoms with Crippen LogP contribution in [0.1, 0.15) is 11.5 Å². The minimum Gasteiger partial charge on any atom is -0.320 e. The molecular weight excluding hydrogens is 339 g/mol. The first kappa shape index (κ1) is 15.8. The van der Waals surface area contributed by atoms with Gasteiger partial charge in [-0.15, -0.1) is 23.2 Å². The van der Waals surface area contributed by atoms with Crippen molar-refractivity contribution in [3.8, 4) is 0 Å². The zero-order valence-corrected chi connectivity index (χ0v) is 13.3. The van der Waals surface area contributed by atoms with E-state index in [-0.39, 0.29) is 17.3 Å². The molecule has 0 heterocycles. The van der Waals surface area contributed by atoms with Crippen molar-refractivity contribution < 1.29 is 9.72 Å². The van der Waals surface area contributed by atoms with E-state index in [4.69, 9.17) is 23.2 Å². The quantitative estimate of drug-likeness (QED) is 0.512. The topological polar surface area (TPSA) is 72.2 Å². The second-order valence-electron chi connectivity index (χ2n) is 5.30. The highest BCUT2D eigenvalue weighted by molar-refractivity contribution is 6.53. The fourth-order valence-electron chi connectivity index (χ4n) is 2.68. The molecule has 1 amide bonds. The largest absolute Gasteiger partial charge is 0.320 e. The number of nitrogens with one attached hydrogen (secondary N) is 1. The number of nitro benzene ring substituents is 1. The van der Waals surface area contributed by atoms with Crippen molar-refractivity contribution in [1.82, 2.24) is 0 Å². The Hall–Kier alpha value is -2.11. The number of halogens is 2. The van der Waals surface area contributed by atoms with Crippen LogP contribution in [0.15, 0.2) is 54.6 Å². The number of alkyl halides is 2. The Balaban J connectivity index is 1.81. The summed E-state index contributed by atoms with van der Waals surface area (Å²) in [6.07, 6.45) is 0. The number of nitro groups is 1. The number of nitrogens with zero attached hydrogens (tertiary/aromatic N) is 1. The molecule has 1 aliphatic rings. The smallest absolute Gasteiger partial charge is 0.292 e. The number of carbonyl (C=O) groups is 1. The minimum atomic E-state index is -1.21. The van der Waals surface area contributed by atoms with E-state index in [1.807, 2.05) is 30.3 Å². The number of carbonyl (C=O) groups excluding carboxylic acids is 1. The SMILES string of the molecule is O=C(Nc1ccccc1[N+](=O)[O-])[C@@H]1[C@@H](c2ccccc2)C1(Cl)Cl. The van der Waals surface area contributed by atoms with E-state index in [1.165, 1.54) is 18.2 Å². The Morgan fingerprint density at radius 3 is 2.35 bits per heavy atom. The molecule has 118 valence electrons. The average molecular weight is 351 g/mol. The summed E-state index contributed by atoms with van der Waals surface area (Å²) in [5, 5.41) is 13.6. The number of hydrogen-bond acceptors (Lipinski definition) is 3. The third-order valence-electron chi connectivity index (χ3n) is 3.85. The van der Waals surface area contributed by atoms with E-state index in [0.717, 1.165) is 5.56 Å². The number of amides is 1. The van der Waals surface area contributed by atoms with Crippen LogP contribution < -0.4 is 5.32 Å². The normalized spacial score (nSPS) is 21.5. The van der Waals surface area contributed by atoms with Crippen LogP contribution in [-0.4, -0.2) is 15.2 Å². The van der Waals surface area contributed by atoms with Crippen molar-refractivity contribution >= 4 is 40.5 Å². The van der Waals surface area contributed by atoms with E-state index in [9.17, 15) is 14.9 Å². The fraction of sp³-hybridized carbons (Fsp3) is 0.188. The van der Waals surface area contributed by atoms with Crippen LogP contribution in [0.4, 0.5) is 11.4 Å². The summed E-state index contributed by atoms with van der Waals surface area (Å²) in [6, 6.07) is 15.2. The molecule has 3 rings (SSSR count). The van der Waals surface area contributed by atoms with Gasteiger partial charge in [0.05, 0.1) is 10.8 Å². The Labute approximate surface area is 142 Å². The van der Waals surface area contributed by atoms with Crippen LogP contribution in [0.2, 0.25) is 0 Å². The molecule has 0 saturated heterocycles. The summed E-state index contributed by atoms with van der Waals surface area (Å²) in [7, 11) is 0. The van der Waals surface area contributed by atoms with Gasteiger partial charge in [-0.05, 0) is 11.6 Å². The molecule has 2 aromatic carbocycles. The third kappa shape index (κ3) is 2.90. The molecule has 0 radical (unpaired) electrons. The molecule has 2 aromatic rings. The van der Waals surface area contributed by atoms with Crippen molar-refractivity contribution in [2.24, 2.45) is 5.92 Å². The monoisotopic (exact) mass is 350 g/mol. The average Bonchev–Trinajstić information content (AvgIpc) is 3.11. The van der Waals surface area contributed by atoms with Crippen molar-refractivity contribution in [3.63, 3.8) is 0 Å². The lowest BCUT2D eigenvalue weighted by Crippen LogP contribution is -2.17. The van der Waals surface area contributed by atoms with Gasteiger partial charge in [0.2, 0.25) is 5.91 Å². The van der Waals surface area contributed by atoms with Crippen molar-refractivity contribution in [2.45, 2.75) is 10.3 Å². The number of para-hydroxylation sites is 2. The number of anilines is 1. The standard InChI is InChI=1S/C16H12Cl2N2O3/c17-16(18)13(10-6-2-1-3-7-10)14(16)15(21)19-11-8-4-5-9-12(11)20(22)23/h1-9,13-14H,(H,19,21)/t13-,14+/m1/s1. The molecule has 1 aliphatic carbocycles. The van der Waals surface area contributed by atoms with Gasteiger partial charge in [-0.25, -0.2) is 0 Å². The molecule has 1 fully saturated rings. The van der Waals surface area contributed by atoms with Gasteiger partial charge in [0.1, 0.15) is 10.0 Å². The molecule has 7 heteroatoms. The van der Waals surface area contributed by atoms with Gasteiger partial charge in [0, 0.05) is 12.0 Å². The van der Waals surface area contributed by atoms with Crippen molar-refractivity contribution in [2.75, 3.05) is 5.32 Å². The zero-order valence-electron chi connectivity index (χ0n) is 11.8. The predicted octanol–water partition coefficient (Wildman–Crippen LogP) is 4.12. The highest BCUT2D eigenvalue weighted by atomic mass is 35.5. The summed E-state index contributed by atoms with van der Waals surface area (Å²) in [5.41, 5.74) is 0.818. The molecule has 5 nitrogen and oxygen atoms in total. The number of rotatable bonds is 4. The molecule has 0 aromatic heterocycles. The molecule has 0 spiro atoms. The second-order valence-corrected chi connectivity index (χ2v) is 6.75. The summed E-state index contributed by atoms with van der Waals surface area (Å²) < 4.78 is -1.21. The number of benzene rings is 2. The molecule has 1 saturated carbocycles. The van der Waals surface area contributed by atoms with Gasteiger partial charge in [-0.3, -0.25) is 14.9 Å². The van der Waals surface area contributed by atoms with E-state index >= 15 is 0 Å². The Morgan fingerprint density at radius 1 is 1.09 bits per heavy atom. The van der Waals surface area contributed by atoms with Gasteiger partial charge in [-0.2, -0.15) is 0 Å². The Bertz CT molecular complexity index is 765. The first-order valence-corrected chi connectivity index (χ1v) is 7.65. The molecular formula is C16H12Cl2N2O3. The third-order valence-corrected chi connectivity index (χ3v) is 4.79. The molecule has 1 N–H and O–H groups in total. The first-order chi connectivity index (χ1) is 10.9. The van der Waals surface area contributed by atoms with E-state index in [1.54, 1.807) is 6.07 Å². The lowest BCUT2D eigenvalue weighted by molar-refractivity contribution is -0.383. The van der Waals surface area contributed by atoms with E-state index in [2.05, 4.69) is 5.32 Å². The molecule has 2 atom stereocenters. The minimum absolute atomic E-state index is 0.130. The van der Waals surface area contributed by atoms with Gasteiger partial charge in [-0.1, -0.05) is 42.5 Å². The summed E-state index contributed by atoms with van der Waals surface area (Å²) in [4.78, 5) is 22.9. The summed E-state index contributed by atoms with van der Waals surface area (Å²) in [5.74, 6) is -1.43. The highest BCUT2D eigenvalue weighted by Crippen LogP contribution is 2.65. The fourth-order valence-corrected chi connectivity index (χ4v) is 3.51. The van der Waals surface area contributed by atoms with Crippen LogP contribution in [0, 0.1) is 16.0 Å². The maximum Gasteiger partial charge on any atom is 0.292 e. The van der Waals surface area contributed by atoms with Crippen LogP contribution >= 0.6 is 23.2 Å². The lowest BCUT2D eigenvalue weighted by Gasteiger charge is -2.05. The van der Waals surface area contributed by atoms with Gasteiger partial charge >= 0.3 is 0 Å².